The van der Waals surface area contributed by atoms with Crippen LogP contribution in [0.1, 0.15) is 40.0 Å². The van der Waals surface area contributed by atoms with Gasteiger partial charge in [-0.25, -0.2) is 9.50 Å². The number of nitrogens with zero attached hydrogens (tertiary/aromatic N) is 3. The van der Waals surface area contributed by atoms with Crippen molar-refractivity contribution in [2.45, 2.75) is 40.0 Å². The van der Waals surface area contributed by atoms with Crippen molar-refractivity contribution in [2.24, 2.45) is 5.41 Å². The van der Waals surface area contributed by atoms with E-state index < -0.39 is 5.41 Å². The average molecular weight is 395 g/mol. The molecular formula is C21H25N5O3. The maximum absolute atomic E-state index is 12.6. The fourth-order valence-corrected chi connectivity index (χ4v) is 2.84. The van der Waals surface area contributed by atoms with Crippen LogP contribution in [0.3, 0.4) is 0 Å². The molecule has 3 aromatic rings. The predicted octanol–water partition coefficient (Wildman–Crippen LogP) is 4.24. The van der Waals surface area contributed by atoms with Crippen molar-refractivity contribution in [1.82, 2.24) is 14.6 Å². The molecule has 3 rings (SSSR count). The van der Waals surface area contributed by atoms with Crippen molar-refractivity contribution < 1.29 is 14.3 Å². The topological polar surface area (TPSA) is 97.6 Å². The van der Waals surface area contributed by atoms with Gasteiger partial charge in [0.1, 0.15) is 5.75 Å². The summed E-state index contributed by atoms with van der Waals surface area (Å²) in [6, 6.07) is 10.4. The summed E-state index contributed by atoms with van der Waals surface area (Å²) in [4.78, 5) is 27.5. The number of carbonyl (C=O) groups excluding carboxylic acids is 2. The molecule has 152 valence electrons. The van der Waals surface area contributed by atoms with Gasteiger partial charge in [-0.2, -0.15) is 0 Å². The zero-order valence-electron chi connectivity index (χ0n) is 16.8. The van der Waals surface area contributed by atoms with Crippen LogP contribution in [0.2, 0.25) is 0 Å². The number of aromatic nitrogens is 3. The van der Waals surface area contributed by atoms with Crippen LogP contribution in [-0.4, -0.2) is 26.9 Å². The highest BCUT2D eigenvalue weighted by atomic mass is 16.5. The third-order valence-electron chi connectivity index (χ3n) is 4.59. The first-order chi connectivity index (χ1) is 13.9. The minimum Gasteiger partial charge on any atom is -0.438 e. The Morgan fingerprint density at radius 1 is 1.28 bits per heavy atom. The van der Waals surface area contributed by atoms with Crippen LogP contribution in [-0.2, 0) is 9.59 Å². The largest absolute Gasteiger partial charge is 0.438 e. The quantitative estimate of drug-likeness (QED) is 0.528. The minimum atomic E-state index is -0.464. The van der Waals surface area contributed by atoms with Crippen molar-refractivity contribution in [1.29, 1.82) is 0 Å². The lowest BCUT2D eigenvalue weighted by atomic mass is 9.86. The molecule has 0 bridgehead atoms. The van der Waals surface area contributed by atoms with Crippen LogP contribution >= 0.6 is 0 Å². The molecule has 0 atom stereocenters. The van der Waals surface area contributed by atoms with Gasteiger partial charge in [0, 0.05) is 23.2 Å². The number of hydrogen-bond acceptors (Lipinski definition) is 5. The lowest BCUT2D eigenvalue weighted by molar-refractivity contribution is -0.124. The molecule has 29 heavy (non-hydrogen) atoms. The van der Waals surface area contributed by atoms with Crippen LogP contribution in [0, 0.1) is 5.41 Å². The summed E-state index contributed by atoms with van der Waals surface area (Å²) in [5, 5.41) is 9.83. The number of ether oxygens (including phenoxy) is 1. The number of hydrogen-bond donors (Lipinski definition) is 2. The van der Waals surface area contributed by atoms with E-state index in [9.17, 15) is 9.59 Å². The van der Waals surface area contributed by atoms with Crippen LogP contribution < -0.4 is 15.4 Å². The highest BCUT2D eigenvalue weighted by molar-refractivity contribution is 5.94. The van der Waals surface area contributed by atoms with Crippen molar-refractivity contribution in [3.63, 3.8) is 0 Å². The summed E-state index contributed by atoms with van der Waals surface area (Å²) < 4.78 is 7.31. The molecule has 2 amide bonds. The number of benzene rings is 1. The molecular weight excluding hydrogens is 370 g/mol. The first kappa shape index (κ1) is 20.3. The predicted molar refractivity (Wildman–Crippen MR) is 111 cm³/mol. The van der Waals surface area contributed by atoms with E-state index >= 15 is 0 Å². The number of nitrogens with one attached hydrogen (secondary N) is 2. The molecule has 8 nitrogen and oxygen atoms in total. The normalized spacial score (nSPS) is 11.3. The maximum atomic E-state index is 12.6. The second-order valence-electron chi connectivity index (χ2n) is 7.43. The number of unbranched alkanes of at least 4 members (excludes halogenated alkanes) is 1. The van der Waals surface area contributed by atoms with E-state index in [1.54, 1.807) is 47.1 Å². The lowest BCUT2D eigenvalue weighted by Gasteiger charge is -2.22. The highest BCUT2D eigenvalue weighted by Crippen LogP contribution is 2.26. The van der Waals surface area contributed by atoms with E-state index in [0.717, 1.165) is 19.3 Å². The number of carbonyl (C=O) groups is 2. The Morgan fingerprint density at radius 2 is 2.10 bits per heavy atom. The van der Waals surface area contributed by atoms with E-state index in [0.29, 0.717) is 35.2 Å². The van der Waals surface area contributed by atoms with Crippen LogP contribution in [0.4, 0.5) is 11.5 Å². The lowest BCUT2D eigenvalue weighted by Crippen LogP contribution is -2.30. The molecule has 0 saturated carbocycles. The Kier molecular flexibility index (Phi) is 6.11. The maximum Gasteiger partial charge on any atom is 0.237 e. The monoisotopic (exact) mass is 395 g/mol. The summed E-state index contributed by atoms with van der Waals surface area (Å²) in [5.41, 5.74) is 0.751. The van der Waals surface area contributed by atoms with Gasteiger partial charge in [0.15, 0.2) is 11.5 Å². The molecule has 0 unspecified atom stereocenters. The highest BCUT2D eigenvalue weighted by Gasteiger charge is 2.27. The van der Waals surface area contributed by atoms with Crippen molar-refractivity contribution in [3.05, 3.63) is 42.6 Å². The van der Waals surface area contributed by atoms with Crippen molar-refractivity contribution >= 4 is 29.5 Å². The molecule has 2 N–H and O–H groups in total. The van der Waals surface area contributed by atoms with E-state index in [2.05, 4.69) is 27.6 Å². The molecule has 0 radical (unpaired) electrons. The smallest absolute Gasteiger partial charge is 0.237 e. The molecule has 2 heterocycles. The Bertz CT molecular complexity index is 1010. The molecule has 0 spiro atoms. The summed E-state index contributed by atoms with van der Waals surface area (Å²) in [5.74, 6) is 1.28. The van der Waals surface area contributed by atoms with Crippen molar-refractivity contribution in [3.8, 4) is 11.6 Å². The van der Waals surface area contributed by atoms with E-state index in [1.807, 2.05) is 13.8 Å². The molecule has 0 aliphatic heterocycles. The first-order valence-corrected chi connectivity index (χ1v) is 9.57. The van der Waals surface area contributed by atoms with Crippen LogP contribution in [0.5, 0.6) is 11.6 Å². The third kappa shape index (κ3) is 5.10. The number of amides is 2. The number of rotatable bonds is 9. The second kappa shape index (κ2) is 8.72. The second-order valence-corrected chi connectivity index (χ2v) is 7.43. The Hall–Kier alpha value is -3.42. The van der Waals surface area contributed by atoms with Gasteiger partial charge in [-0.15, -0.1) is 5.10 Å². The van der Waals surface area contributed by atoms with Gasteiger partial charge in [0.25, 0.3) is 0 Å². The Morgan fingerprint density at radius 3 is 2.86 bits per heavy atom. The number of imidazole rings is 1. The third-order valence-corrected chi connectivity index (χ3v) is 4.59. The summed E-state index contributed by atoms with van der Waals surface area (Å²) >= 11 is 0. The van der Waals surface area contributed by atoms with E-state index in [-0.39, 0.29) is 5.91 Å². The van der Waals surface area contributed by atoms with Gasteiger partial charge >= 0.3 is 0 Å². The number of anilines is 2. The molecule has 0 fully saturated rings. The fourth-order valence-electron chi connectivity index (χ4n) is 2.84. The summed E-state index contributed by atoms with van der Waals surface area (Å²) in [6.07, 6.45) is 5.12. The Balaban J connectivity index is 1.74. The van der Waals surface area contributed by atoms with E-state index in [1.165, 1.54) is 0 Å². The molecule has 2 aromatic heterocycles. The molecule has 8 heteroatoms. The molecule has 1 aromatic carbocycles. The van der Waals surface area contributed by atoms with Gasteiger partial charge in [0.05, 0.1) is 6.20 Å². The van der Waals surface area contributed by atoms with Gasteiger partial charge in [0.2, 0.25) is 18.2 Å². The molecule has 0 saturated heterocycles. The summed E-state index contributed by atoms with van der Waals surface area (Å²) in [7, 11) is 0. The minimum absolute atomic E-state index is 0.0645. The molecule has 0 aliphatic rings. The van der Waals surface area contributed by atoms with Gasteiger partial charge in [-0.1, -0.05) is 39.7 Å². The summed E-state index contributed by atoms with van der Waals surface area (Å²) in [6.45, 7) is 5.98. The molecule has 0 aliphatic carbocycles. The SMILES string of the molecule is CCCCC(C)(C)C(=O)Nc1cn2nc(Oc3cccc(NC=O)c3)ccc2n1. The zero-order chi connectivity index (χ0) is 20.9. The van der Waals surface area contributed by atoms with Gasteiger partial charge in [-0.05, 0) is 24.6 Å². The van der Waals surface area contributed by atoms with E-state index in [4.69, 9.17) is 4.74 Å². The first-order valence-electron chi connectivity index (χ1n) is 9.57. The van der Waals surface area contributed by atoms with Crippen LogP contribution in [0.25, 0.3) is 5.65 Å². The zero-order valence-corrected chi connectivity index (χ0v) is 16.8. The standard InChI is InChI=1S/C21H25N5O3/c1-4-5-11-21(2,3)20(28)24-17-13-26-18(23-17)9-10-19(25-26)29-16-8-6-7-15(12-16)22-14-27/h6-10,12-14H,4-5,11H2,1-3H3,(H,22,27)(H,24,28). The number of fused-ring (bicyclic) bond motifs is 1. The average Bonchev–Trinajstić information content (AvgIpc) is 3.08. The fraction of sp³-hybridized carbons (Fsp3) is 0.333. The van der Waals surface area contributed by atoms with Gasteiger partial charge < -0.3 is 15.4 Å². The Labute approximate surface area is 169 Å². The van der Waals surface area contributed by atoms with Gasteiger partial charge in [-0.3, -0.25) is 9.59 Å². The van der Waals surface area contributed by atoms with Crippen LogP contribution in [0.15, 0.2) is 42.6 Å². The van der Waals surface area contributed by atoms with Crippen molar-refractivity contribution in [2.75, 3.05) is 10.6 Å².